The minimum absolute atomic E-state index is 0.358. The van der Waals surface area contributed by atoms with Crippen LogP contribution in [0.2, 0.25) is 0 Å². The van der Waals surface area contributed by atoms with Crippen molar-refractivity contribution in [2.24, 2.45) is 5.73 Å². The number of rotatable bonds is 3. The molecule has 1 aliphatic rings. The van der Waals surface area contributed by atoms with Crippen molar-refractivity contribution in [3.8, 4) is 6.07 Å². The van der Waals surface area contributed by atoms with Gasteiger partial charge in [-0.3, -0.25) is 0 Å². The molecule has 0 saturated carbocycles. The summed E-state index contributed by atoms with van der Waals surface area (Å²) in [4.78, 5) is 0. The van der Waals surface area contributed by atoms with Gasteiger partial charge in [0.15, 0.2) is 0 Å². The van der Waals surface area contributed by atoms with E-state index in [2.05, 4.69) is 6.07 Å². The van der Waals surface area contributed by atoms with Gasteiger partial charge >= 0.3 is 7.12 Å². The van der Waals surface area contributed by atoms with Crippen LogP contribution >= 0.6 is 0 Å². The molecular formula is C16H21BN2O2. The van der Waals surface area contributed by atoms with Gasteiger partial charge in [0.05, 0.1) is 22.8 Å². The summed E-state index contributed by atoms with van der Waals surface area (Å²) < 4.78 is 12.0. The van der Waals surface area contributed by atoms with Crippen LogP contribution in [0.3, 0.4) is 0 Å². The van der Waals surface area contributed by atoms with E-state index >= 15 is 0 Å². The molecule has 0 atom stereocenters. The van der Waals surface area contributed by atoms with E-state index in [0.717, 1.165) is 11.0 Å². The third-order valence-corrected chi connectivity index (χ3v) is 4.18. The molecule has 4 nitrogen and oxygen atoms in total. The molecule has 2 N–H and O–H groups in total. The maximum atomic E-state index is 8.82. The Morgan fingerprint density at radius 1 is 1.19 bits per heavy atom. The van der Waals surface area contributed by atoms with Crippen LogP contribution in [0.25, 0.3) is 6.08 Å². The molecule has 1 fully saturated rings. The Morgan fingerprint density at radius 2 is 1.71 bits per heavy atom. The van der Waals surface area contributed by atoms with Gasteiger partial charge in [-0.1, -0.05) is 18.2 Å². The van der Waals surface area contributed by atoms with Crippen molar-refractivity contribution in [1.29, 1.82) is 5.26 Å². The molecule has 21 heavy (non-hydrogen) atoms. The van der Waals surface area contributed by atoms with Gasteiger partial charge in [0.2, 0.25) is 0 Å². The van der Waals surface area contributed by atoms with E-state index in [-0.39, 0.29) is 11.2 Å². The van der Waals surface area contributed by atoms with Gasteiger partial charge < -0.3 is 15.0 Å². The minimum atomic E-state index is -0.435. The molecule has 0 unspecified atom stereocenters. The zero-order valence-electron chi connectivity index (χ0n) is 13.0. The molecule has 1 heterocycles. The third kappa shape index (κ3) is 3.19. The van der Waals surface area contributed by atoms with E-state index in [1.54, 1.807) is 12.1 Å². The van der Waals surface area contributed by atoms with Crippen LogP contribution in [0.4, 0.5) is 0 Å². The van der Waals surface area contributed by atoms with Crippen molar-refractivity contribution in [3.05, 3.63) is 40.9 Å². The fourth-order valence-corrected chi connectivity index (χ4v) is 2.09. The quantitative estimate of drug-likeness (QED) is 0.866. The molecule has 0 bridgehead atoms. The van der Waals surface area contributed by atoms with Crippen molar-refractivity contribution in [2.75, 3.05) is 6.54 Å². The predicted molar refractivity (Wildman–Crippen MR) is 84.3 cm³/mol. The topological polar surface area (TPSA) is 68.3 Å². The lowest BCUT2D eigenvalue weighted by Crippen LogP contribution is -2.41. The van der Waals surface area contributed by atoms with E-state index < -0.39 is 7.12 Å². The molecule has 2 rings (SSSR count). The van der Waals surface area contributed by atoms with Gasteiger partial charge in [-0.2, -0.15) is 5.26 Å². The lowest BCUT2D eigenvalue weighted by atomic mass is 9.77. The largest absolute Gasteiger partial charge is 0.491 e. The normalized spacial score (nSPS) is 20.4. The molecule has 1 aromatic rings. The van der Waals surface area contributed by atoms with Crippen LogP contribution in [0.5, 0.6) is 0 Å². The van der Waals surface area contributed by atoms with Crippen molar-refractivity contribution in [2.45, 2.75) is 38.9 Å². The van der Waals surface area contributed by atoms with Gasteiger partial charge in [-0.15, -0.1) is 0 Å². The number of hydrogen-bond acceptors (Lipinski definition) is 4. The zero-order valence-corrected chi connectivity index (χ0v) is 13.0. The fraction of sp³-hybridized carbons (Fsp3) is 0.438. The molecule has 0 radical (unpaired) electrons. The average Bonchev–Trinajstić information content (AvgIpc) is 2.65. The smallest absolute Gasteiger partial charge is 0.400 e. The van der Waals surface area contributed by atoms with Crippen molar-refractivity contribution in [3.63, 3.8) is 0 Å². The number of nitrogens with two attached hydrogens (primary N) is 1. The highest BCUT2D eigenvalue weighted by Gasteiger charge is 2.52. The van der Waals surface area contributed by atoms with E-state index in [4.69, 9.17) is 20.3 Å². The Hall–Kier alpha value is -1.61. The second-order valence-corrected chi connectivity index (χ2v) is 6.25. The summed E-state index contributed by atoms with van der Waals surface area (Å²) in [5.74, 6) is 0. The highest BCUT2D eigenvalue weighted by molar-refractivity contribution is 6.55. The summed E-state index contributed by atoms with van der Waals surface area (Å²) in [5, 5.41) is 8.82. The van der Waals surface area contributed by atoms with E-state index in [0.29, 0.717) is 12.1 Å². The first-order valence-electron chi connectivity index (χ1n) is 7.05. The lowest BCUT2D eigenvalue weighted by Gasteiger charge is -2.32. The molecule has 5 heteroatoms. The SMILES string of the molecule is CC1(C)OB(C(=Cc2ccc(C#N)cc2)CN)OC1(C)C. The van der Waals surface area contributed by atoms with Gasteiger partial charge in [0, 0.05) is 6.54 Å². The van der Waals surface area contributed by atoms with Gasteiger partial charge in [0.25, 0.3) is 0 Å². The van der Waals surface area contributed by atoms with E-state index in [1.807, 2.05) is 45.9 Å². The second kappa shape index (κ2) is 5.65. The average molecular weight is 284 g/mol. The Labute approximate surface area is 126 Å². The van der Waals surface area contributed by atoms with Crippen molar-refractivity contribution < 1.29 is 9.31 Å². The number of benzene rings is 1. The van der Waals surface area contributed by atoms with E-state index in [9.17, 15) is 0 Å². The Balaban J connectivity index is 2.24. The predicted octanol–water partition coefficient (Wildman–Crippen LogP) is 2.53. The number of hydrogen-bond donors (Lipinski definition) is 1. The first-order chi connectivity index (χ1) is 9.79. The molecule has 110 valence electrons. The van der Waals surface area contributed by atoms with Crippen LogP contribution in [0, 0.1) is 11.3 Å². The maximum absolute atomic E-state index is 8.82. The molecule has 0 aliphatic carbocycles. The summed E-state index contributed by atoms with van der Waals surface area (Å²) in [7, 11) is -0.435. The van der Waals surface area contributed by atoms with E-state index in [1.165, 1.54) is 0 Å². The van der Waals surface area contributed by atoms with Crippen LogP contribution < -0.4 is 5.73 Å². The summed E-state index contributed by atoms with van der Waals surface area (Å²) in [6, 6.07) is 9.44. The molecule has 0 amide bonds. The van der Waals surface area contributed by atoms with Crippen molar-refractivity contribution in [1.82, 2.24) is 0 Å². The Bertz CT molecular complexity index is 569. The lowest BCUT2D eigenvalue weighted by molar-refractivity contribution is 0.00578. The van der Waals surface area contributed by atoms with Crippen LogP contribution in [0.1, 0.15) is 38.8 Å². The van der Waals surface area contributed by atoms with Crippen LogP contribution in [-0.4, -0.2) is 24.9 Å². The maximum Gasteiger partial charge on any atom is 0.491 e. The molecule has 1 aromatic carbocycles. The second-order valence-electron chi connectivity index (χ2n) is 6.25. The monoisotopic (exact) mass is 284 g/mol. The summed E-state index contributed by atoms with van der Waals surface area (Å²) in [6.45, 7) is 8.42. The minimum Gasteiger partial charge on any atom is -0.400 e. The molecule has 1 aliphatic heterocycles. The Kier molecular flexibility index (Phi) is 4.24. The van der Waals surface area contributed by atoms with Crippen molar-refractivity contribution >= 4 is 13.2 Å². The van der Waals surface area contributed by atoms with Crippen LogP contribution in [-0.2, 0) is 9.31 Å². The number of nitrogens with zero attached hydrogens (tertiary/aromatic N) is 1. The first-order valence-corrected chi connectivity index (χ1v) is 7.05. The van der Waals surface area contributed by atoms with Crippen LogP contribution in [0.15, 0.2) is 29.7 Å². The highest BCUT2D eigenvalue weighted by Crippen LogP contribution is 2.38. The van der Waals surface area contributed by atoms with Gasteiger partial charge in [0.1, 0.15) is 0 Å². The molecule has 0 aromatic heterocycles. The zero-order chi connectivity index (χ0) is 15.7. The molecule has 0 spiro atoms. The summed E-state index contributed by atoms with van der Waals surface area (Å²) in [5.41, 5.74) is 7.60. The Morgan fingerprint density at radius 3 is 2.14 bits per heavy atom. The number of nitriles is 1. The molecule has 1 saturated heterocycles. The van der Waals surface area contributed by atoms with Gasteiger partial charge in [-0.05, 0) is 50.9 Å². The first kappa shape index (κ1) is 15.8. The van der Waals surface area contributed by atoms with Gasteiger partial charge in [-0.25, -0.2) is 0 Å². The summed E-state index contributed by atoms with van der Waals surface area (Å²) in [6.07, 6.45) is 1.96. The molecular weight excluding hydrogens is 263 g/mol. The standard InChI is InChI=1S/C16H21BN2O2/c1-15(2)16(3,4)21-17(20-15)14(11-19)9-12-5-7-13(10-18)8-6-12/h5-9H,11,19H2,1-4H3. The fourth-order valence-electron chi connectivity index (χ4n) is 2.09. The third-order valence-electron chi connectivity index (χ3n) is 4.18. The summed E-state index contributed by atoms with van der Waals surface area (Å²) >= 11 is 0. The highest BCUT2D eigenvalue weighted by atomic mass is 16.7.